The van der Waals surface area contributed by atoms with Gasteiger partial charge in [-0.05, 0) is 61.6 Å². The Morgan fingerprint density at radius 3 is 2.32 bits per heavy atom. The lowest BCUT2D eigenvalue weighted by Gasteiger charge is -2.30. The van der Waals surface area contributed by atoms with Crippen LogP contribution < -0.4 is 15.4 Å². The van der Waals surface area contributed by atoms with Gasteiger partial charge in [0.1, 0.15) is 5.75 Å². The zero-order chi connectivity index (χ0) is 20.1. The Balaban J connectivity index is 1.67. The molecule has 1 saturated carbocycles. The SMILES string of the molecule is COc1ccc(C2(CNC(=O)C(=O)Nc3cccc(C)c3C)CCCC2)cc1. The molecule has 5 heteroatoms. The van der Waals surface area contributed by atoms with Crippen molar-refractivity contribution >= 4 is 17.5 Å². The van der Waals surface area contributed by atoms with Gasteiger partial charge in [-0.3, -0.25) is 9.59 Å². The van der Waals surface area contributed by atoms with Crippen molar-refractivity contribution in [2.45, 2.75) is 44.9 Å². The second kappa shape index (κ2) is 8.46. The molecular formula is C23H28N2O3. The molecule has 0 atom stereocenters. The smallest absolute Gasteiger partial charge is 0.313 e. The summed E-state index contributed by atoms with van der Waals surface area (Å²) in [6.45, 7) is 4.36. The largest absolute Gasteiger partial charge is 0.497 e. The van der Waals surface area contributed by atoms with Gasteiger partial charge in [-0.1, -0.05) is 37.1 Å². The molecule has 0 unspecified atom stereocenters. The van der Waals surface area contributed by atoms with E-state index in [0.717, 1.165) is 42.6 Å². The van der Waals surface area contributed by atoms with E-state index >= 15 is 0 Å². The van der Waals surface area contributed by atoms with Gasteiger partial charge in [0.25, 0.3) is 0 Å². The van der Waals surface area contributed by atoms with Gasteiger partial charge in [0.15, 0.2) is 0 Å². The van der Waals surface area contributed by atoms with E-state index in [1.54, 1.807) is 7.11 Å². The van der Waals surface area contributed by atoms with Gasteiger partial charge in [0, 0.05) is 17.6 Å². The Morgan fingerprint density at radius 2 is 1.68 bits per heavy atom. The van der Waals surface area contributed by atoms with E-state index in [1.807, 2.05) is 44.2 Å². The monoisotopic (exact) mass is 380 g/mol. The summed E-state index contributed by atoms with van der Waals surface area (Å²) in [5.41, 5.74) is 3.77. The third kappa shape index (κ3) is 4.19. The molecule has 0 aromatic heterocycles. The molecule has 2 aromatic carbocycles. The van der Waals surface area contributed by atoms with Crippen LogP contribution in [0.4, 0.5) is 5.69 Å². The number of carbonyl (C=O) groups excluding carboxylic acids is 2. The Bertz CT molecular complexity index is 853. The molecule has 0 aliphatic heterocycles. The number of amides is 2. The van der Waals surface area contributed by atoms with E-state index in [1.165, 1.54) is 5.56 Å². The van der Waals surface area contributed by atoms with Crippen molar-refractivity contribution in [2.24, 2.45) is 0 Å². The van der Waals surface area contributed by atoms with Crippen LogP contribution in [0.5, 0.6) is 5.75 Å². The van der Waals surface area contributed by atoms with Gasteiger partial charge in [0.2, 0.25) is 0 Å². The zero-order valence-corrected chi connectivity index (χ0v) is 16.8. The highest BCUT2D eigenvalue weighted by atomic mass is 16.5. The lowest BCUT2D eigenvalue weighted by molar-refractivity contribution is -0.136. The minimum atomic E-state index is -0.628. The molecule has 0 heterocycles. The molecule has 0 bridgehead atoms. The molecule has 0 radical (unpaired) electrons. The number of hydrogen-bond acceptors (Lipinski definition) is 3. The molecule has 1 fully saturated rings. The summed E-state index contributed by atoms with van der Waals surface area (Å²) in [5, 5.41) is 5.59. The third-order valence-corrected chi connectivity index (χ3v) is 5.91. The third-order valence-electron chi connectivity index (χ3n) is 5.91. The van der Waals surface area contributed by atoms with Crippen molar-refractivity contribution in [2.75, 3.05) is 19.0 Å². The average molecular weight is 380 g/mol. The first-order valence-corrected chi connectivity index (χ1v) is 9.75. The molecule has 148 valence electrons. The fourth-order valence-corrected chi connectivity index (χ4v) is 3.96. The Kier molecular flexibility index (Phi) is 6.02. The van der Waals surface area contributed by atoms with Crippen molar-refractivity contribution in [1.29, 1.82) is 0 Å². The van der Waals surface area contributed by atoms with Crippen LogP contribution in [0.2, 0.25) is 0 Å². The van der Waals surface area contributed by atoms with Gasteiger partial charge in [-0.15, -0.1) is 0 Å². The highest BCUT2D eigenvalue weighted by Gasteiger charge is 2.36. The van der Waals surface area contributed by atoms with Crippen LogP contribution in [-0.4, -0.2) is 25.5 Å². The predicted octanol–water partition coefficient (Wildman–Crippen LogP) is 3.88. The van der Waals surface area contributed by atoms with E-state index in [4.69, 9.17) is 4.74 Å². The number of hydrogen-bond donors (Lipinski definition) is 2. The molecule has 0 saturated heterocycles. The van der Waals surface area contributed by atoms with Crippen LogP contribution in [0.15, 0.2) is 42.5 Å². The quantitative estimate of drug-likeness (QED) is 0.774. The summed E-state index contributed by atoms with van der Waals surface area (Å²) in [5.74, 6) is -0.411. The van der Waals surface area contributed by atoms with E-state index in [-0.39, 0.29) is 5.41 Å². The first-order chi connectivity index (χ1) is 13.4. The molecule has 3 rings (SSSR count). The second-order valence-electron chi connectivity index (χ2n) is 7.60. The molecule has 5 nitrogen and oxygen atoms in total. The summed E-state index contributed by atoms with van der Waals surface area (Å²) in [4.78, 5) is 24.8. The van der Waals surface area contributed by atoms with Crippen LogP contribution in [0.25, 0.3) is 0 Å². The maximum absolute atomic E-state index is 12.4. The Hall–Kier alpha value is -2.82. The van der Waals surface area contributed by atoms with Crippen molar-refractivity contribution in [3.05, 3.63) is 59.2 Å². The summed E-state index contributed by atoms with van der Waals surface area (Å²) >= 11 is 0. The number of carbonyl (C=O) groups is 2. The van der Waals surface area contributed by atoms with Crippen LogP contribution in [-0.2, 0) is 15.0 Å². The molecule has 2 amide bonds. The number of rotatable bonds is 5. The molecular weight excluding hydrogens is 352 g/mol. The van der Waals surface area contributed by atoms with Gasteiger partial charge in [-0.25, -0.2) is 0 Å². The Morgan fingerprint density at radius 1 is 1.00 bits per heavy atom. The molecule has 28 heavy (non-hydrogen) atoms. The van der Waals surface area contributed by atoms with E-state index in [9.17, 15) is 9.59 Å². The number of aryl methyl sites for hydroxylation is 1. The average Bonchev–Trinajstić information content (AvgIpc) is 3.20. The van der Waals surface area contributed by atoms with E-state index < -0.39 is 11.8 Å². The molecule has 2 aromatic rings. The van der Waals surface area contributed by atoms with Gasteiger partial charge in [-0.2, -0.15) is 0 Å². The van der Waals surface area contributed by atoms with Gasteiger partial charge in [0.05, 0.1) is 7.11 Å². The molecule has 1 aliphatic carbocycles. The maximum Gasteiger partial charge on any atom is 0.313 e. The normalized spacial score (nSPS) is 15.1. The predicted molar refractivity (Wildman–Crippen MR) is 111 cm³/mol. The highest BCUT2D eigenvalue weighted by Crippen LogP contribution is 2.41. The molecule has 1 aliphatic rings. The summed E-state index contributed by atoms with van der Waals surface area (Å²) < 4.78 is 5.25. The standard InChI is InChI=1S/C23H28N2O3/c1-16-7-6-8-20(17(16)2)25-22(27)21(26)24-15-23(13-4-5-14-23)18-9-11-19(28-3)12-10-18/h6-12H,4-5,13-15H2,1-3H3,(H,24,26)(H,25,27). The minimum Gasteiger partial charge on any atom is -0.497 e. The topological polar surface area (TPSA) is 67.4 Å². The number of ether oxygens (including phenoxy) is 1. The first-order valence-electron chi connectivity index (χ1n) is 9.75. The molecule has 2 N–H and O–H groups in total. The summed E-state index contributed by atoms with van der Waals surface area (Å²) in [7, 11) is 1.65. The number of anilines is 1. The fourth-order valence-electron chi connectivity index (χ4n) is 3.96. The fraction of sp³-hybridized carbons (Fsp3) is 0.391. The number of methoxy groups -OCH3 is 1. The van der Waals surface area contributed by atoms with Crippen molar-refractivity contribution in [3.8, 4) is 5.75 Å². The van der Waals surface area contributed by atoms with Crippen molar-refractivity contribution in [3.63, 3.8) is 0 Å². The lowest BCUT2D eigenvalue weighted by Crippen LogP contribution is -2.43. The number of nitrogens with one attached hydrogen (secondary N) is 2. The molecule has 0 spiro atoms. The Labute approximate surface area is 166 Å². The minimum absolute atomic E-state index is 0.124. The van der Waals surface area contributed by atoms with Crippen LogP contribution >= 0.6 is 0 Å². The van der Waals surface area contributed by atoms with Crippen molar-refractivity contribution in [1.82, 2.24) is 5.32 Å². The zero-order valence-electron chi connectivity index (χ0n) is 16.8. The van der Waals surface area contributed by atoms with Crippen LogP contribution in [0.3, 0.4) is 0 Å². The highest BCUT2D eigenvalue weighted by molar-refractivity contribution is 6.39. The number of benzene rings is 2. The summed E-state index contributed by atoms with van der Waals surface area (Å²) in [6, 6.07) is 13.7. The second-order valence-corrected chi connectivity index (χ2v) is 7.60. The van der Waals surface area contributed by atoms with Crippen LogP contribution in [0, 0.1) is 13.8 Å². The van der Waals surface area contributed by atoms with Crippen LogP contribution in [0.1, 0.15) is 42.4 Å². The van der Waals surface area contributed by atoms with E-state index in [2.05, 4.69) is 22.8 Å². The van der Waals surface area contributed by atoms with Gasteiger partial charge < -0.3 is 15.4 Å². The lowest BCUT2D eigenvalue weighted by atomic mass is 9.78. The van der Waals surface area contributed by atoms with Crippen molar-refractivity contribution < 1.29 is 14.3 Å². The maximum atomic E-state index is 12.4. The van der Waals surface area contributed by atoms with E-state index in [0.29, 0.717) is 12.2 Å². The first kappa shape index (κ1) is 19.9. The summed E-state index contributed by atoms with van der Waals surface area (Å²) in [6.07, 6.45) is 4.24. The van der Waals surface area contributed by atoms with Gasteiger partial charge >= 0.3 is 11.8 Å².